The van der Waals surface area contributed by atoms with Gasteiger partial charge in [-0.05, 0) is 19.8 Å². The summed E-state index contributed by atoms with van der Waals surface area (Å²) in [7, 11) is 0. The molecule has 1 heterocycles. The Labute approximate surface area is 100 Å². The summed E-state index contributed by atoms with van der Waals surface area (Å²) in [6.07, 6.45) is 4.73. The highest BCUT2D eigenvalue weighted by Gasteiger charge is 2.28. The van der Waals surface area contributed by atoms with Crippen molar-refractivity contribution in [3.05, 3.63) is 16.1 Å². The summed E-state index contributed by atoms with van der Waals surface area (Å²) in [5.41, 5.74) is 7.00. The molecule has 0 radical (unpaired) electrons. The fourth-order valence-corrected chi connectivity index (χ4v) is 3.10. The first-order valence-corrected chi connectivity index (χ1v) is 6.74. The molecule has 0 bridgehead atoms. The van der Waals surface area contributed by atoms with Crippen LogP contribution in [0.1, 0.15) is 36.4 Å². The van der Waals surface area contributed by atoms with E-state index in [9.17, 15) is 4.79 Å². The lowest BCUT2D eigenvalue weighted by molar-refractivity contribution is -0.123. The van der Waals surface area contributed by atoms with Gasteiger partial charge >= 0.3 is 0 Å². The maximum Gasteiger partial charge on any atom is 0.144 e. The molecule has 3 nitrogen and oxygen atoms in total. The maximum atomic E-state index is 12.1. The SMILES string of the molecule is Cc1csc(CC(=O)C2CCCCC2N)n1. The van der Waals surface area contributed by atoms with Gasteiger partial charge in [-0.1, -0.05) is 12.8 Å². The molecular formula is C12H18N2OS. The fourth-order valence-electron chi connectivity index (χ4n) is 2.32. The number of carbonyl (C=O) groups excluding carboxylic acids is 1. The van der Waals surface area contributed by atoms with Crippen LogP contribution in [0.5, 0.6) is 0 Å². The van der Waals surface area contributed by atoms with Gasteiger partial charge in [-0.3, -0.25) is 4.79 Å². The van der Waals surface area contributed by atoms with E-state index in [4.69, 9.17) is 5.73 Å². The van der Waals surface area contributed by atoms with E-state index in [0.717, 1.165) is 30.0 Å². The van der Waals surface area contributed by atoms with Crippen molar-refractivity contribution in [1.82, 2.24) is 4.98 Å². The van der Waals surface area contributed by atoms with Gasteiger partial charge in [-0.25, -0.2) is 4.98 Å². The molecule has 0 aliphatic heterocycles. The molecule has 0 amide bonds. The molecule has 1 saturated carbocycles. The fraction of sp³-hybridized carbons (Fsp3) is 0.667. The molecule has 4 heteroatoms. The number of aromatic nitrogens is 1. The predicted molar refractivity (Wildman–Crippen MR) is 65.5 cm³/mol. The number of ketones is 1. The molecule has 1 aliphatic rings. The van der Waals surface area contributed by atoms with Crippen molar-refractivity contribution < 1.29 is 4.79 Å². The first-order valence-electron chi connectivity index (χ1n) is 5.86. The number of hydrogen-bond donors (Lipinski definition) is 1. The molecule has 0 saturated heterocycles. The van der Waals surface area contributed by atoms with Gasteiger partial charge in [0.05, 0.1) is 6.42 Å². The minimum Gasteiger partial charge on any atom is -0.327 e. The van der Waals surface area contributed by atoms with E-state index in [2.05, 4.69) is 4.98 Å². The second kappa shape index (κ2) is 5.06. The second-order valence-corrected chi connectivity index (χ2v) is 5.52. The van der Waals surface area contributed by atoms with Gasteiger partial charge in [0.15, 0.2) is 0 Å². The zero-order valence-electron chi connectivity index (χ0n) is 9.61. The van der Waals surface area contributed by atoms with Crippen LogP contribution in [0.15, 0.2) is 5.38 Å². The van der Waals surface area contributed by atoms with E-state index in [1.807, 2.05) is 12.3 Å². The van der Waals surface area contributed by atoms with Crippen LogP contribution < -0.4 is 5.73 Å². The first kappa shape index (κ1) is 11.7. The van der Waals surface area contributed by atoms with Crippen molar-refractivity contribution in [2.75, 3.05) is 0 Å². The van der Waals surface area contributed by atoms with Crippen LogP contribution in [0.2, 0.25) is 0 Å². The Morgan fingerprint density at radius 1 is 1.56 bits per heavy atom. The van der Waals surface area contributed by atoms with Crippen molar-refractivity contribution in [2.45, 2.75) is 45.1 Å². The van der Waals surface area contributed by atoms with Crippen LogP contribution in [0.25, 0.3) is 0 Å². The third-order valence-electron chi connectivity index (χ3n) is 3.23. The Morgan fingerprint density at radius 3 is 2.94 bits per heavy atom. The van der Waals surface area contributed by atoms with Crippen molar-refractivity contribution in [2.24, 2.45) is 11.7 Å². The lowest BCUT2D eigenvalue weighted by Crippen LogP contribution is -2.38. The molecule has 1 aromatic heterocycles. The smallest absolute Gasteiger partial charge is 0.144 e. The molecule has 16 heavy (non-hydrogen) atoms. The third-order valence-corrected chi connectivity index (χ3v) is 4.19. The molecule has 2 N–H and O–H groups in total. The van der Waals surface area contributed by atoms with E-state index >= 15 is 0 Å². The van der Waals surface area contributed by atoms with Crippen molar-refractivity contribution >= 4 is 17.1 Å². The molecule has 1 fully saturated rings. The predicted octanol–water partition coefficient (Wildman–Crippen LogP) is 2.08. The Hall–Kier alpha value is -0.740. The summed E-state index contributed by atoms with van der Waals surface area (Å²) in [4.78, 5) is 16.4. The topological polar surface area (TPSA) is 56.0 Å². The lowest BCUT2D eigenvalue weighted by atomic mass is 9.81. The summed E-state index contributed by atoms with van der Waals surface area (Å²) in [5.74, 6) is 0.347. The monoisotopic (exact) mass is 238 g/mol. The van der Waals surface area contributed by atoms with Crippen molar-refractivity contribution in [3.8, 4) is 0 Å². The summed E-state index contributed by atoms with van der Waals surface area (Å²) in [6, 6.07) is 0.0716. The Kier molecular flexibility index (Phi) is 3.71. The molecule has 0 spiro atoms. The van der Waals surface area contributed by atoms with Gasteiger partial charge in [0.1, 0.15) is 10.8 Å². The first-order chi connectivity index (χ1) is 7.66. The zero-order chi connectivity index (χ0) is 11.5. The lowest BCUT2D eigenvalue weighted by Gasteiger charge is -2.26. The number of carbonyl (C=O) groups is 1. The second-order valence-electron chi connectivity index (χ2n) is 4.58. The quantitative estimate of drug-likeness (QED) is 0.877. The van der Waals surface area contributed by atoms with Gasteiger partial charge in [0, 0.05) is 23.0 Å². The Morgan fingerprint density at radius 2 is 2.31 bits per heavy atom. The minimum atomic E-state index is 0.0676. The number of aryl methyl sites for hydroxylation is 1. The van der Waals surface area contributed by atoms with Crippen LogP contribution >= 0.6 is 11.3 Å². The normalized spacial score (nSPS) is 25.6. The highest BCUT2D eigenvalue weighted by atomic mass is 32.1. The van der Waals surface area contributed by atoms with Crippen LogP contribution in [-0.4, -0.2) is 16.8 Å². The highest BCUT2D eigenvalue weighted by molar-refractivity contribution is 7.09. The van der Waals surface area contributed by atoms with Crippen LogP contribution in [0, 0.1) is 12.8 Å². The number of nitrogens with two attached hydrogens (primary N) is 1. The molecule has 2 unspecified atom stereocenters. The average molecular weight is 238 g/mol. The standard InChI is InChI=1S/C12H18N2OS/c1-8-7-16-12(14-8)6-11(15)9-4-2-3-5-10(9)13/h7,9-10H,2-6,13H2,1H3. The Bertz CT molecular complexity index is 375. The highest BCUT2D eigenvalue weighted by Crippen LogP contribution is 2.25. The van der Waals surface area contributed by atoms with Crippen LogP contribution in [-0.2, 0) is 11.2 Å². The average Bonchev–Trinajstić information content (AvgIpc) is 2.64. The molecule has 2 rings (SSSR count). The van der Waals surface area contributed by atoms with Crippen molar-refractivity contribution in [3.63, 3.8) is 0 Å². The number of rotatable bonds is 3. The number of thiazole rings is 1. The Balaban J connectivity index is 1.96. The molecule has 1 aromatic rings. The number of hydrogen-bond acceptors (Lipinski definition) is 4. The largest absolute Gasteiger partial charge is 0.327 e. The number of Topliss-reactive ketones (excluding diaryl/α,β-unsaturated/α-hetero) is 1. The van der Waals surface area contributed by atoms with E-state index < -0.39 is 0 Å². The molecule has 88 valence electrons. The maximum absolute atomic E-state index is 12.1. The van der Waals surface area contributed by atoms with Gasteiger partial charge < -0.3 is 5.73 Å². The molecule has 2 atom stereocenters. The third kappa shape index (κ3) is 2.68. The van der Waals surface area contributed by atoms with E-state index in [1.54, 1.807) is 11.3 Å². The molecule has 1 aliphatic carbocycles. The van der Waals surface area contributed by atoms with Gasteiger partial charge in [0.2, 0.25) is 0 Å². The number of nitrogens with zero attached hydrogens (tertiary/aromatic N) is 1. The molecule has 0 aromatic carbocycles. The van der Waals surface area contributed by atoms with E-state index in [0.29, 0.717) is 6.42 Å². The summed E-state index contributed by atoms with van der Waals surface area (Å²) in [6.45, 7) is 1.96. The zero-order valence-corrected chi connectivity index (χ0v) is 10.4. The van der Waals surface area contributed by atoms with Gasteiger partial charge in [-0.2, -0.15) is 0 Å². The van der Waals surface area contributed by atoms with Crippen molar-refractivity contribution in [1.29, 1.82) is 0 Å². The van der Waals surface area contributed by atoms with Gasteiger partial charge in [-0.15, -0.1) is 11.3 Å². The van der Waals surface area contributed by atoms with Crippen LogP contribution in [0.4, 0.5) is 0 Å². The summed E-state index contributed by atoms with van der Waals surface area (Å²) in [5, 5.41) is 2.92. The van der Waals surface area contributed by atoms with E-state index in [1.165, 1.54) is 6.42 Å². The van der Waals surface area contributed by atoms with E-state index in [-0.39, 0.29) is 17.7 Å². The van der Waals surface area contributed by atoms with Crippen LogP contribution in [0.3, 0.4) is 0 Å². The van der Waals surface area contributed by atoms with Gasteiger partial charge in [0.25, 0.3) is 0 Å². The molecular weight excluding hydrogens is 220 g/mol. The summed E-state index contributed by atoms with van der Waals surface area (Å²) < 4.78 is 0. The minimum absolute atomic E-state index is 0.0676. The summed E-state index contributed by atoms with van der Waals surface area (Å²) >= 11 is 1.57.